The van der Waals surface area contributed by atoms with Crippen molar-refractivity contribution < 1.29 is 19.8 Å². The van der Waals surface area contributed by atoms with E-state index in [9.17, 15) is 9.59 Å². The third-order valence-corrected chi connectivity index (χ3v) is 3.45. The highest BCUT2D eigenvalue weighted by atomic mass is 32.2. The van der Waals surface area contributed by atoms with Crippen LogP contribution in [0.5, 0.6) is 0 Å². The molecule has 1 rings (SSSR count). The zero-order valence-corrected chi connectivity index (χ0v) is 7.37. The number of carbonyl (C=O) groups is 2. The van der Waals surface area contributed by atoms with Crippen LogP contribution in [0, 0.1) is 11.8 Å². The minimum atomic E-state index is -1.00. The number of aliphatic carboxylic acids is 2. The van der Waals surface area contributed by atoms with Gasteiger partial charge in [-0.25, -0.2) is 0 Å². The molecule has 1 fully saturated rings. The summed E-state index contributed by atoms with van der Waals surface area (Å²) in [6.45, 7) is 1.76. The maximum atomic E-state index is 10.7. The third-order valence-electron chi connectivity index (χ3n) is 2.08. The van der Waals surface area contributed by atoms with Crippen LogP contribution in [0.25, 0.3) is 0 Å². The summed E-state index contributed by atoms with van der Waals surface area (Å²) in [7, 11) is 0. The van der Waals surface area contributed by atoms with Crippen molar-refractivity contribution in [1.82, 2.24) is 0 Å². The average Bonchev–Trinajstić information content (AvgIpc) is 2.30. The normalized spacial score (nSPS) is 34.9. The largest absolute Gasteiger partial charge is 0.481 e. The molecule has 0 aromatic rings. The van der Waals surface area contributed by atoms with Gasteiger partial charge in [-0.05, 0) is 0 Å². The average molecular weight is 190 g/mol. The summed E-state index contributed by atoms with van der Waals surface area (Å²) in [5, 5.41) is 17.3. The van der Waals surface area contributed by atoms with Crippen LogP contribution in [0.4, 0.5) is 0 Å². The monoisotopic (exact) mass is 190 g/mol. The molecule has 1 aliphatic heterocycles. The lowest BCUT2D eigenvalue weighted by molar-refractivity contribution is -0.152. The second-order valence-corrected chi connectivity index (χ2v) is 4.26. The molecule has 2 N–H and O–H groups in total. The standard InChI is InChI=1S/C7H10O4S/c1-3-5(7(10)11)4(2-12-3)6(8)9/h3-5H,2H2,1H3,(H,8,9)(H,10,11). The summed E-state index contributed by atoms with van der Waals surface area (Å²) in [6.07, 6.45) is 0. The van der Waals surface area contributed by atoms with Gasteiger partial charge in [-0.2, -0.15) is 11.8 Å². The summed E-state index contributed by atoms with van der Waals surface area (Å²) in [5.41, 5.74) is 0. The zero-order valence-electron chi connectivity index (χ0n) is 6.56. The molecule has 12 heavy (non-hydrogen) atoms. The summed E-state index contributed by atoms with van der Waals surface area (Å²) in [5.74, 6) is -3.04. The van der Waals surface area contributed by atoms with E-state index in [0.717, 1.165) is 0 Å². The van der Waals surface area contributed by atoms with Gasteiger partial charge >= 0.3 is 11.9 Å². The second-order valence-electron chi connectivity index (χ2n) is 2.85. The first-order chi connectivity index (χ1) is 5.54. The molecule has 0 spiro atoms. The molecule has 0 radical (unpaired) electrons. The lowest BCUT2D eigenvalue weighted by atomic mass is 9.92. The molecule has 4 nitrogen and oxygen atoms in total. The van der Waals surface area contributed by atoms with E-state index in [1.807, 2.05) is 0 Å². The van der Waals surface area contributed by atoms with E-state index in [1.54, 1.807) is 6.92 Å². The maximum absolute atomic E-state index is 10.7. The summed E-state index contributed by atoms with van der Waals surface area (Å²) in [6, 6.07) is 0. The summed E-state index contributed by atoms with van der Waals surface area (Å²) < 4.78 is 0. The van der Waals surface area contributed by atoms with Crippen molar-refractivity contribution in [3.8, 4) is 0 Å². The van der Waals surface area contributed by atoms with Crippen molar-refractivity contribution in [1.29, 1.82) is 0 Å². The van der Waals surface area contributed by atoms with Gasteiger partial charge in [-0.15, -0.1) is 0 Å². The van der Waals surface area contributed by atoms with Crippen molar-refractivity contribution in [2.75, 3.05) is 5.75 Å². The van der Waals surface area contributed by atoms with Gasteiger partial charge in [0.25, 0.3) is 0 Å². The Hall–Kier alpha value is -0.710. The van der Waals surface area contributed by atoms with Crippen molar-refractivity contribution in [2.45, 2.75) is 12.2 Å². The molecule has 0 saturated carbocycles. The molecule has 0 amide bonds. The molecular weight excluding hydrogens is 180 g/mol. The predicted octanol–water partition coefficient (Wildman–Crippen LogP) is 0.523. The van der Waals surface area contributed by atoms with Crippen molar-refractivity contribution in [3.63, 3.8) is 0 Å². The Morgan fingerprint density at radius 3 is 2.25 bits per heavy atom. The number of carboxylic acid groups (broad SMARTS) is 2. The molecule has 0 aromatic carbocycles. The van der Waals surface area contributed by atoms with Crippen LogP contribution >= 0.6 is 11.8 Å². The van der Waals surface area contributed by atoms with E-state index in [1.165, 1.54) is 11.8 Å². The van der Waals surface area contributed by atoms with E-state index in [4.69, 9.17) is 10.2 Å². The minimum Gasteiger partial charge on any atom is -0.481 e. The van der Waals surface area contributed by atoms with Gasteiger partial charge in [0.15, 0.2) is 0 Å². The molecule has 5 heteroatoms. The highest BCUT2D eigenvalue weighted by Gasteiger charge is 2.43. The van der Waals surface area contributed by atoms with Gasteiger partial charge in [0.05, 0.1) is 11.8 Å². The highest BCUT2D eigenvalue weighted by Crippen LogP contribution is 2.36. The van der Waals surface area contributed by atoms with Crippen LogP contribution in [-0.2, 0) is 9.59 Å². The Kier molecular flexibility index (Phi) is 2.62. The minimum absolute atomic E-state index is 0.0939. The van der Waals surface area contributed by atoms with E-state index in [0.29, 0.717) is 5.75 Å². The SMILES string of the molecule is CC1SCC(C(=O)O)C1C(=O)O. The van der Waals surface area contributed by atoms with Crippen LogP contribution in [0.3, 0.4) is 0 Å². The second kappa shape index (κ2) is 3.35. The van der Waals surface area contributed by atoms with Crippen LogP contribution in [-0.4, -0.2) is 33.2 Å². The smallest absolute Gasteiger partial charge is 0.308 e. The van der Waals surface area contributed by atoms with Crippen molar-refractivity contribution in [3.05, 3.63) is 0 Å². The highest BCUT2D eigenvalue weighted by molar-refractivity contribution is 8.00. The summed E-state index contributed by atoms with van der Waals surface area (Å²) in [4.78, 5) is 21.2. The van der Waals surface area contributed by atoms with Gasteiger partial charge in [0, 0.05) is 11.0 Å². The van der Waals surface area contributed by atoms with Gasteiger partial charge in [-0.1, -0.05) is 6.92 Å². The lowest BCUT2D eigenvalue weighted by Crippen LogP contribution is -2.31. The quantitative estimate of drug-likeness (QED) is 0.664. The number of thioether (sulfide) groups is 1. The van der Waals surface area contributed by atoms with E-state index in [-0.39, 0.29) is 5.25 Å². The van der Waals surface area contributed by atoms with Crippen LogP contribution in [0.1, 0.15) is 6.92 Å². The Morgan fingerprint density at radius 2 is 1.92 bits per heavy atom. The molecule has 3 atom stereocenters. The van der Waals surface area contributed by atoms with Gasteiger partial charge < -0.3 is 10.2 Å². The first-order valence-electron chi connectivity index (χ1n) is 3.61. The lowest BCUT2D eigenvalue weighted by Gasteiger charge is -2.12. The van der Waals surface area contributed by atoms with Gasteiger partial charge in [-0.3, -0.25) is 9.59 Å². The fourth-order valence-corrected chi connectivity index (χ4v) is 2.76. The van der Waals surface area contributed by atoms with E-state index < -0.39 is 23.8 Å². The van der Waals surface area contributed by atoms with Crippen molar-refractivity contribution >= 4 is 23.7 Å². The van der Waals surface area contributed by atoms with Crippen LogP contribution < -0.4 is 0 Å². The molecule has 68 valence electrons. The fraction of sp³-hybridized carbons (Fsp3) is 0.714. The van der Waals surface area contributed by atoms with Crippen LogP contribution in [0.2, 0.25) is 0 Å². The molecular formula is C7H10O4S. The first kappa shape index (κ1) is 9.38. The fourth-order valence-electron chi connectivity index (χ4n) is 1.39. The third kappa shape index (κ3) is 1.55. The van der Waals surface area contributed by atoms with Crippen LogP contribution in [0.15, 0.2) is 0 Å². The summed E-state index contributed by atoms with van der Waals surface area (Å²) >= 11 is 1.41. The first-order valence-corrected chi connectivity index (χ1v) is 4.66. The Balaban J connectivity index is 2.77. The Bertz CT molecular complexity index is 215. The number of carboxylic acids is 2. The van der Waals surface area contributed by atoms with Gasteiger partial charge in [0.1, 0.15) is 0 Å². The van der Waals surface area contributed by atoms with E-state index in [2.05, 4.69) is 0 Å². The molecule has 1 aliphatic rings. The molecule has 0 bridgehead atoms. The maximum Gasteiger partial charge on any atom is 0.308 e. The molecule has 0 aliphatic carbocycles. The topological polar surface area (TPSA) is 74.6 Å². The molecule has 1 heterocycles. The Morgan fingerprint density at radius 1 is 1.33 bits per heavy atom. The molecule has 0 aromatic heterocycles. The van der Waals surface area contributed by atoms with E-state index >= 15 is 0 Å². The molecule has 3 unspecified atom stereocenters. The van der Waals surface area contributed by atoms with Gasteiger partial charge in [0.2, 0.25) is 0 Å². The predicted molar refractivity (Wildman–Crippen MR) is 44.2 cm³/mol. The van der Waals surface area contributed by atoms with Crippen molar-refractivity contribution in [2.24, 2.45) is 11.8 Å². The number of hydrogen-bond acceptors (Lipinski definition) is 3. The number of rotatable bonds is 2. The Labute approximate surface area is 74.0 Å². The zero-order chi connectivity index (χ0) is 9.30. The molecule has 1 saturated heterocycles. The number of hydrogen-bond donors (Lipinski definition) is 2.